The summed E-state index contributed by atoms with van der Waals surface area (Å²) in [7, 11) is 1.85. The van der Waals surface area contributed by atoms with E-state index in [0.29, 0.717) is 13.0 Å². The number of aryl methyl sites for hydroxylation is 1. The number of piperazine rings is 1. The fourth-order valence-corrected chi connectivity index (χ4v) is 4.12. The van der Waals surface area contributed by atoms with Gasteiger partial charge in [0.05, 0.1) is 6.61 Å². The summed E-state index contributed by atoms with van der Waals surface area (Å²) in [6.45, 7) is 9.11. The molecule has 2 heterocycles. The largest absolute Gasteiger partial charge is 0.466 e. The number of hydrogen-bond donors (Lipinski definition) is 1. The van der Waals surface area contributed by atoms with Crippen LogP contribution < -0.4 is 10.2 Å². The van der Waals surface area contributed by atoms with Crippen molar-refractivity contribution >= 4 is 28.6 Å². The van der Waals surface area contributed by atoms with Crippen molar-refractivity contribution < 1.29 is 9.53 Å². The monoisotopic (exact) mass is 424 g/mol. The van der Waals surface area contributed by atoms with Crippen molar-refractivity contribution in [2.75, 3.05) is 51.3 Å². The molecule has 0 aliphatic carbocycles. The maximum atomic E-state index is 11.3. The predicted molar refractivity (Wildman–Crippen MR) is 119 cm³/mol. The quantitative estimate of drug-likeness (QED) is 0.253. The number of nitrogens with zero attached hydrogens (tertiary/aromatic N) is 5. The summed E-state index contributed by atoms with van der Waals surface area (Å²) in [5, 5.41) is 4.53. The third kappa shape index (κ3) is 8.16. The van der Waals surface area contributed by atoms with Crippen LogP contribution in [0.5, 0.6) is 0 Å². The molecule has 1 aromatic rings. The Bertz CT molecular complexity index is 628. The van der Waals surface area contributed by atoms with Crippen molar-refractivity contribution in [3.05, 3.63) is 5.82 Å². The molecule has 0 aromatic carbocycles. The van der Waals surface area contributed by atoms with Crippen molar-refractivity contribution in [2.45, 2.75) is 58.8 Å². The van der Waals surface area contributed by atoms with Crippen LogP contribution in [0.25, 0.3) is 0 Å². The number of guanidine groups is 1. The molecule has 29 heavy (non-hydrogen) atoms. The van der Waals surface area contributed by atoms with Gasteiger partial charge in [-0.2, -0.15) is 4.37 Å². The van der Waals surface area contributed by atoms with Gasteiger partial charge in [-0.25, -0.2) is 4.98 Å². The second-order valence-electron chi connectivity index (χ2n) is 7.12. The van der Waals surface area contributed by atoms with Gasteiger partial charge in [0.25, 0.3) is 0 Å². The second kappa shape index (κ2) is 13.3. The number of carbonyl (C=O) groups excluding carboxylic acids is 1. The zero-order valence-corrected chi connectivity index (χ0v) is 19.0. The average molecular weight is 425 g/mol. The Morgan fingerprint density at radius 1 is 1.14 bits per heavy atom. The molecule has 0 radical (unpaired) electrons. The molecule has 0 unspecified atom stereocenters. The van der Waals surface area contributed by atoms with E-state index in [1.54, 1.807) is 0 Å². The van der Waals surface area contributed by atoms with E-state index in [2.05, 4.69) is 36.4 Å². The van der Waals surface area contributed by atoms with Gasteiger partial charge in [-0.15, -0.1) is 0 Å². The van der Waals surface area contributed by atoms with Crippen LogP contribution in [0.15, 0.2) is 4.99 Å². The first-order valence-electron chi connectivity index (χ1n) is 10.9. The molecule has 164 valence electrons. The van der Waals surface area contributed by atoms with Crippen LogP contribution in [-0.2, 0) is 16.0 Å². The maximum Gasteiger partial charge on any atom is 0.305 e. The van der Waals surface area contributed by atoms with E-state index in [1.165, 1.54) is 11.5 Å². The summed E-state index contributed by atoms with van der Waals surface area (Å²) in [6, 6.07) is 0. The number of aliphatic imine (C=N–C) groups is 1. The summed E-state index contributed by atoms with van der Waals surface area (Å²) < 4.78 is 9.34. The number of rotatable bonds is 11. The van der Waals surface area contributed by atoms with E-state index in [4.69, 9.17) is 4.74 Å². The van der Waals surface area contributed by atoms with Crippen LogP contribution in [0.4, 0.5) is 5.13 Å². The lowest BCUT2D eigenvalue weighted by Crippen LogP contribution is -2.52. The fourth-order valence-electron chi connectivity index (χ4n) is 3.32. The summed E-state index contributed by atoms with van der Waals surface area (Å²) in [4.78, 5) is 25.0. The highest BCUT2D eigenvalue weighted by Crippen LogP contribution is 2.19. The number of carbonyl (C=O) groups is 1. The maximum absolute atomic E-state index is 11.3. The van der Waals surface area contributed by atoms with Crippen LogP contribution in [0.3, 0.4) is 0 Å². The van der Waals surface area contributed by atoms with Gasteiger partial charge in [0.1, 0.15) is 5.82 Å². The van der Waals surface area contributed by atoms with Gasteiger partial charge in [-0.05, 0) is 19.8 Å². The fraction of sp³-hybridized carbons (Fsp3) is 0.800. The van der Waals surface area contributed by atoms with Crippen LogP contribution in [-0.4, -0.2) is 72.6 Å². The third-order valence-electron chi connectivity index (χ3n) is 4.98. The van der Waals surface area contributed by atoms with E-state index in [1.807, 2.05) is 14.0 Å². The molecule has 0 amide bonds. The molecule has 0 saturated carbocycles. The summed E-state index contributed by atoms with van der Waals surface area (Å²) in [5.74, 6) is 1.85. The second-order valence-corrected chi connectivity index (χ2v) is 7.85. The standard InChI is InChI=1S/C20H36N6O2S/c1-4-17-23-20(29-24-17)26-15-13-25(14-16-26)19(21-3)22-12-10-8-6-7-9-11-18(27)28-5-2/h4-16H2,1-3H3,(H,21,22). The lowest BCUT2D eigenvalue weighted by molar-refractivity contribution is -0.143. The first kappa shape index (κ1) is 23.4. The summed E-state index contributed by atoms with van der Waals surface area (Å²) >= 11 is 1.50. The number of anilines is 1. The molecule has 1 aromatic heterocycles. The van der Waals surface area contributed by atoms with Crippen molar-refractivity contribution in [1.29, 1.82) is 0 Å². The zero-order chi connectivity index (χ0) is 20.9. The Kier molecular flexibility index (Phi) is 10.8. The number of aromatic nitrogens is 2. The molecule has 1 saturated heterocycles. The van der Waals surface area contributed by atoms with Crippen LogP contribution >= 0.6 is 11.5 Å². The van der Waals surface area contributed by atoms with E-state index in [9.17, 15) is 4.79 Å². The van der Waals surface area contributed by atoms with Crippen molar-refractivity contribution in [2.24, 2.45) is 4.99 Å². The van der Waals surface area contributed by atoms with Crippen molar-refractivity contribution in [1.82, 2.24) is 19.6 Å². The third-order valence-corrected chi connectivity index (χ3v) is 5.80. The Balaban J connectivity index is 1.57. The summed E-state index contributed by atoms with van der Waals surface area (Å²) in [5.41, 5.74) is 0. The van der Waals surface area contributed by atoms with Crippen LogP contribution in [0.2, 0.25) is 0 Å². The Hall–Kier alpha value is -1.90. The minimum atomic E-state index is -0.0741. The highest BCUT2D eigenvalue weighted by molar-refractivity contribution is 7.09. The van der Waals surface area contributed by atoms with E-state index >= 15 is 0 Å². The Labute approximate surface area is 178 Å². The Morgan fingerprint density at radius 2 is 1.86 bits per heavy atom. The van der Waals surface area contributed by atoms with Gasteiger partial charge in [-0.3, -0.25) is 9.79 Å². The predicted octanol–water partition coefficient (Wildman–Crippen LogP) is 2.70. The topological polar surface area (TPSA) is 83.0 Å². The minimum absolute atomic E-state index is 0.0741. The lowest BCUT2D eigenvalue weighted by atomic mass is 10.1. The average Bonchev–Trinajstić information content (AvgIpc) is 3.22. The van der Waals surface area contributed by atoms with Gasteiger partial charge in [0.2, 0.25) is 5.13 Å². The zero-order valence-electron chi connectivity index (χ0n) is 18.2. The minimum Gasteiger partial charge on any atom is -0.466 e. The van der Waals surface area contributed by atoms with Crippen LogP contribution in [0.1, 0.15) is 58.2 Å². The van der Waals surface area contributed by atoms with Gasteiger partial charge < -0.3 is 19.9 Å². The highest BCUT2D eigenvalue weighted by Gasteiger charge is 2.21. The highest BCUT2D eigenvalue weighted by atomic mass is 32.1. The van der Waals surface area contributed by atoms with E-state index < -0.39 is 0 Å². The molecule has 8 nitrogen and oxygen atoms in total. The number of unbranched alkanes of at least 4 members (excludes halogenated alkanes) is 4. The molecular weight excluding hydrogens is 388 g/mol. The van der Waals surface area contributed by atoms with Gasteiger partial charge in [0.15, 0.2) is 5.96 Å². The molecule has 0 spiro atoms. The molecule has 1 N–H and O–H groups in total. The van der Waals surface area contributed by atoms with E-state index in [-0.39, 0.29) is 5.97 Å². The number of esters is 1. The SMILES string of the molecule is CCOC(=O)CCCCCCCNC(=NC)N1CCN(c2nc(CC)ns2)CC1. The number of ether oxygens (including phenoxy) is 1. The molecule has 0 bridgehead atoms. The molecule has 9 heteroatoms. The lowest BCUT2D eigenvalue weighted by Gasteiger charge is -2.36. The van der Waals surface area contributed by atoms with Crippen LogP contribution in [0, 0.1) is 0 Å². The molecule has 1 aliphatic rings. The number of hydrogen-bond acceptors (Lipinski definition) is 7. The van der Waals surface area contributed by atoms with Crippen molar-refractivity contribution in [3.63, 3.8) is 0 Å². The Morgan fingerprint density at radius 3 is 2.52 bits per heavy atom. The summed E-state index contributed by atoms with van der Waals surface area (Å²) in [6.07, 6.45) is 6.87. The van der Waals surface area contributed by atoms with Gasteiger partial charge in [0, 0.05) is 64.1 Å². The molecular formula is C20H36N6O2S. The first-order valence-corrected chi connectivity index (χ1v) is 11.6. The molecule has 0 atom stereocenters. The molecule has 1 aliphatic heterocycles. The van der Waals surface area contributed by atoms with Crippen molar-refractivity contribution in [3.8, 4) is 0 Å². The smallest absolute Gasteiger partial charge is 0.305 e. The normalized spacial score (nSPS) is 14.9. The first-order chi connectivity index (χ1) is 14.2. The van der Waals surface area contributed by atoms with Gasteiger partial charge >= 0.3 is 5.97 Å². The van der Waals surface area contributed by atoms with Gasteiger partial charge in [-0.1, -0.05) is 26.2 Å². The molecule has 2 rings (SSSR count). The number of nitrogens with one attached hydrogen (secondary N) is 1. The molecule has 1 fully saturated rings. The van der Waals surface area contributed by atoms with E-state index in [0.717, 1.165) is 88.2 Å².